The molecule has 5 N–H and O–H groups in total. The van der Waals surface area contributed by atoms with E-state index in [0.29, 0.717) is 17.8 Å². The van der Waals surface area contributed by atoms with E-state index >= 15 is 0 Å². The highest BCUT2D eigenvalue weighted by molar-refractivity contribution is 6.29. The minimum Gasteiger partial charge on any atom is -1.00 e. The number of hydrogen-bond acceptors (Lipinski definition) is 8. The second-order valence-corrected chi connectivity index (χ2v) is 12.5. The van der Waals surface area contributed by atoms with Gasteiger partial charge in [-0.05, 0) is 91.9 Å². The van der Waals surface area contributed by atoms with Crippen molar-refractivity contribution in [3.8, 4) is 0 Å². The second-order valence-electron chi connectivity index (χ2n) is 12.1. The number of H-pyrrole nitrogens is 2. The maximum atomic E-state index is 12.0. The molecule has 0 amide bonds. The average molecular weight is 663 g/mol. The van der Waals surface area contributed by atoms with Crippen molar-refractivity contribution in [3.05, 3.63) is 59.0 Å². The lowest BCUT2D eigenvalue weighted by atomic mass is 9.93. The van der Waals surface area contributed by atoms with Gasteiger partial charge in [0, 0.05) is 62.7 Å². The number of nitrogens with zero attached hydrogens (tertiary/aromatic N) is 2. The Hall–Kier alpha value is -2.38. The van der Waals surface area contributed by atoms with Gasteiger partial charge >= 0.3 is 11.4 Å². The zero-order valence-electron chi connectivity index (χ0n) is 26.9. The zero-order chi connectivity index (χ0) is 32.1. The molecule has 252 valence electrons. The van der Waals surface area contributed by atoms with Gasteiger partial charge < -0.3 is 32.9 Å². The first kappa shape index (κ1) is 39.6. The number of aromatic nitrogens is 4. The maximum absolute atomic E-state index is 12.0. The molecule has 2 fully saturated rings. The third-order valence-electron chi connectivity index (χ3n) is 7.41. The van der Waals surface area contributed by atoms with E-state index in [1.54, 1.807) is 13.8 Å². The van der Waals surface area contributed by atoms with E-state index in [1.165, 1.54) is 36.0 Å². The fraction of sp³-hybridized carbons (Fsp3) is 0.733. The Balaban J connectivity index is 0.000000358. The topological polar surface area (TPSA) is 166 Å². The smallest absolute Gasteiger partial charge is 0.330 e. The van der Waals surface area contributed by atoms with Crippen molar-refractivity contribution in [2.45, 2.75) is 104 Å². The van der Waals surface area contributed by atoms with E-state index in [-0.39, 0.29) is 52.5 Å². The van der Waals surface area contributed by atoms with Crippen LogP contribution in [0.4, 0.5) is 5.82 Å². The molecule has 0 spiro atoms. The zero-order valence-corrected chi connectivity index (χ0v) is 28.4. The van der Waals surface area contributed by atoms with Crippen LogP contribution in [0.25, 0.3) is 0 Å². The van der Waals surface area contributed by atoms with Gasteiger partial charge in [-0.25, -0.2) is 9.59 Å². The van der Waals surface area contributed by atoms with Gasteiger partial charge in [0.25, 0.3) is 11.1 Å². The van der Waals surface area contributed by atoms with Gasteiger partial charge in [0.1, 0.15) is 11.0 Å². The van der Waals surface area contributed by atoms with Gasteiger partial charge in [-0.1, -0.05) is 11.6 Å². The Morgan fingerprint density at radius 2 is 1.23 bits per heavy atom. The van der Waals surface area contributed by atoms with E-state index in [9.17, 15) is 19.2 Å². The molecule has 14 heteroatoms. The lowest BCUT2D eigenvalue weighted by molar-refractivity contribution is -0.0000142. The molecule has 2 aliphatic heterocycles. The van der Waals surface area contributed by atoms with Gasteiger partial charge in [0.15, 0.2) is 0 Å². The van der Waals surface area contributed by atoms with Crippen LogP contribution in [0.15, 0.2) is 31.3 Å². The van der Waals surface area contributed by atoms with Crippen molar-refractivity contribution in [1.29, 1.82) is 0 Å². The number of ether oxygens (including phenoxy) is 2. The molecule has 2 aromatic rings. The van der Waals surface area contributed by atoms with Gasteiger partial charge in [-0.3, -0.25) is 28.7 Å². The molecule has 12 nitrogen and oxygen atoms in total. The summed E-state index contributed by atoms with van der Waals surface area (Å²) in [5.74, 6) is 1.97. The first-order chi connectivity index (χ1) is 20.3. The van der Waals surface area contributed by atoms with E-state index in [1.807, 2.05) is 13.8 Å². The molecule has 0 saturated carbocycles. The number of nitrogens with one attached hydrogen (secondary N) is 3. The van der Waals surface area contributed by atoms with Crippen LogP contribution in [0.5, 0.6) is 0 Å². The number of anilines is 1. The van der Waals surface area contributed by atoms with Crippen molar-refractivity contribution in [1.82, 2.24) is 19.1 Å². The number of halogens is 2. The Morgan fingerprint density at radius 3 is 1.64 bits per heavy atom. The van der Waals surface area contributed by atoms with Crippen molar-refractivity contribution in [3.63, 3.8) is 0 Å². The average Bonchev–Trinajstić information content (AvgIpc) is 2.89. The third-order valence-corrected chi connectivity index (χ3v) is 7.61. The van der Waals surface area contributed by atoms with Crippen LogP contribution in [-0.4, -0.2) is 57.6 Å². The van der Waals surface area contributed by atoms with E-state index in [4.69, 9.17) is 26.8 Å². The summed E-state index contributed by atoms with van der Waals surface area (Å²) >= 11 is 5.46. The monoisotopic (exact) mass is 661 g/mol. The van der Waals surface area contributed by atoms with Crippen molar-refractivity contribution < 1.29 is 21.9 Å². The highest BCUT2D eigenvalue weighted by Crippen LogP contribution is 2.21. The van der Waals surface area contributed by atoms with Gasteiger partial charge in [0.2, 0.25) is 0 Å². The van der Waals surface area contributed by atoms with Crippen LogP contribution in [0, 0.1) is 11.8 Å². The fourth-order valence-electron chi connectivity index (χ4n) is 5.35. The Morgan fingerprint density at radius 1 is 0.795 bits per heavy atom. The number of aromatic amines is 2. The molecule has 0 bridgehead atoms. The molecule has 0 aromatic carbocycles. The largest absolute Gasteiger partial charge is 1.00 e. The highest BCUT2D eigenvalue weighted by atomic mass is 35.5. The molecule has 0 aliphatic carbocycles. The Bertz CT molecular complexity index is 1280. The second kappa shape index (κ2) is 19.9. The summed E-state index contributed by atoms with van der Waals surface area (Å²) in [4.78, 5) is 51.2. The first-order valence-corrected chi connectivity index (χ1v) is 15.7. The summed E-state index contributed by atoms with van der Waals surface area (Å²) in [7, 11) is 0. The molecular weight excluding hydrogens is 611 g/mol. The van der Waals surface area contributed by atoms with Crippen LogP contribution in [0.3, 0.4) is 0 Å². The predicted molar refractivity (Wildman–Crippen MR) is 171 cm³/mol. The van der Waals surface area contributed by atoms with Gasteiger partial charge in [0.05, 0.1) is 0 Å². The lowest BCUT2D eigenvalue weighted by Gasteiger charge is -2.25. The number of rotatable bonds is 8. The van der Waals surface area contributed by atoms with E-state index in [0.717, 1.165) is 56.2 Å². The quantitative estimate of drug-likeness (QED) is 0.300. The number of hydrogen-bond donors (Lipinski definition) is 4. The summed E-state index contributed by atoms with van der Waals surface area (Å²) < 4.78 is 12.9. The van der Waals surface area contributed by atoms with Crippen LogP contribution in [-0.2, 0) is 9.47 Å². The fourth-order valence-corrected chi connectivity index (χ4v) is 5.53. The third kappa shape index (κ3) is 13.7. The van der Waals surface area contributed by atoms with Crippen molar-refractivity contribution >= 4 is 17.4 Å². The first-order valence-electron chi connectivity index (χ1n) is 15.3. The summed E-state index contributed by atoms with van der Waals surface area (Å²) in [5, 5.41) is 3.30. The Labute approximate surface area is 270 Å². The number of nitrogens with two attached hydrogens (primary N) is 1. The molecule has 2 atom stereocenters. The van der Waals surface area contributed by atoms with Crippen molar-refractivity contribution in [2.75, 3.05) is 31.7 Å². The molecule has 0 radical (unpaired) electrons. The van der Waals surface area contributed by atoms with Crippen LogP contribution < -0.4 is 46.0 Å². The normalized spacial score (nSPS) is 17.0. The van der Waals surface area contributed by atoms with Gasteiger partial charge in [-0.2, -0.15) is 0 Å². The van der Waals surface area contributed by atoms with Crippen molar-refractivity contribution in [2.24, 2.45) is 17.6 Å². The summed E-state index contributed by atoms with van der Waals surface area (Å²) in [6.07, 6.45) is 6.76. The maximum Gasteiger partial charge on any atom is 0.330 e. The SMILES string of the molecule is CC(C)n1c(=O)cc(Cl)[nH]c1=O.CC(C)n1c(=O)cc(N[C@@H](C)CC2CCOCC2)[nH]c1=O.C[C@H](N)CC1CCOCC1.[Cl-]. The van der Waals surface area contributed by atoms with Crippen LogP contribution >= 0.6 is 11.6 Å². The molecule has 2 saturated heterocycles. The molecule has 0 unspecified atom stereocenters. The summed E-state index contributed by atoms with van der Waals surface area (Å²) in [6.45, 7) is 14.8. The molecule has 2 aliphatic rings. The minimum atomic E-state index is -0.470. The highest BCUT2D eigenvalue weighted by Gasteiger charge is 2.18. The summed E-state index contributed by atoms with van der Waals surface area (Å²) in [6, 6.07) is 2.92. The van der Waals surface area contributed by atoms with E-state index in [2.05, 4.69) is 29.1 Å². The molecule has 44 heavy (non-hydrogen) atoms. The Kier molecular flexibility index (Phi) is 17.9. The molecule has 2 aromatic heterocycles. The molecule has 4 heterocycles. The van der Waals surface area contributed by atoms with Crippen LogP contribution in [0.1, 0.15) is 92.2 Å². The predicted octanol–water partition coefficient (Wildman–Crippen LogP) is 0.660. The summed E-state index contributed by atoms with van der Waals surface area (Å²) in [5.41, 5.74) is 4.20. The van der Waals surface area contributed by atoms with Crippen LogP contribution in [0.2, 0.25) is 5.15 Å². The minimum absolute atomic E-state index is 0. The standard InChI is InChI=1S/C15H25N3O3.C8H17NO.C7H9ClN2O2.ClH/c1-10(2)18-14(19)9-13(17-15(18)20)16-11(3)8-12-4-6-21-7-5-12;1-7(9)6-8-2-4-10-5-3-8;1-4(2)10-6(11)3-5(8)9-7(10)12;/h9-12,16H,4-8H2,1-3H3,(H,17,20);7-8H,2-6,9H2,1H3;3-4H,1-2H3,(H,9,12);1H/p-1/t11-;7-;;/m00../s1. The van der Waals surface area contributed by atoms with E-state index < -0.39 is 5.69 Å². The molecular formula is C30H51Cl2N6O6-. The lowest BCUT2D eigenvalue weighted by Crippen LogP contribution is -3.00. The molecule has 4 rings (SSSR count). The van der Waals surface area contributed by atoms with Gasteiger partial charge in [-0.15, -0.1) is 0 Å².